The third-order valence-electron chi connectivity index (χ3n) is 3.85. The number of carbonyl (C=O) groups excluding carboxylic acids is 1. The Morgan fingerprint density at radius 2 is 1.88 bits per heavy atom. The molecule has 0 unspecified atom stereocenters. The van der Waals surface area contributed by atoms with Crippen LogP contribution in [0.4, 0.5) is 5.69 Å². The number of carbonyl (C=O) groups is 1. The molecule has 4 rings (SSSR count). The second-order valence-corrected chi connectivity index (χ2v) is 5.62. The van der Waals surface area contributed by atoms with Gasteiger partial charge in [0.1, 0.15) is 0 Å². The highest BCUT2D eigenvalue weighted by Crippen LogP contribution is 2.21. The van der Waals surface area contributed by atoms with E-state index in [0.717, 1.165) is 16.5 Å². The number of aromatic nitrogens is 4. The summed E-state index contributed by atoms with van der Waals surface area (Å²) in [7, 11) is 0. The molecule has 2 aromatic carbocycles. The molecule has 6 nitrogen and oxygen atoms in total. The molecule has 0 atom stereocenters. The van der Waals surface area contributed by atoms with Crippen LogP contribution in [0.2, 0.25) is 0 Å². The quantitative estimate of drug-likeness (QED) is 0.624. The Morgan fingerprint density at radius 3 is 2.76 bits per heavy atom. The predicted molar refractivity (Wildman–Crippen MR) is 95.3 cm³/mol. The van der Waals surface area contributed by atoms with Crippen molar-refractivity contribution in [3.05, 3.63) is 84.3 Å². The number of amides is 1. The van der Waals surface area contributed by atoms with Gasteiger partial charge in [-0.25, -0.2) is 4.68 Å². The second-order valence-electron chi connectivity index (χ2n) is 5.62. The Morgan fingerprint density at radius 1 is 1.00 bits per heavy atom. The molecule has 0 saturated heterocycles. The summed E-state index contributed by atoms with van der Waals surface area (Å²) in [4.78, 5) is 16.8. The molecule has 0 radical (unpaired) electrons. The molecule has 122 valence electrons. The number of nitrogens with zero attached hydrogens (tertiary/aromatic N) is 4. The van der Waals surface area contributed by atoms with Gasteiger partial charge in [0, 0.05) is 11.6 Å². The van der Waals surface area contributed by atoms with Gasteiger partial charge in [-0.2, -0.15) is 0 Å². The molecule has 0 bridgehead atoms. The first-order chi connectivity index (χ1) is 12.3. The molecule has 2 heterocycles. The van der Waals surface area contributed by atoms with Gasteiger partial charge < -0.3 is 5.32 Å². The van der Waals surface area contributed by atoms with Crippen LogP contribution in [0.25, 0.3) is 10.9 Å². The van der Waals surface area contributed by atoms with Crippen LogP contribution in [0.1, 0.15) is 16.1 Å². The largest absolute Gasteiger partial charge is 0.320 e. The molecule has 25 heavy (non-hydrogen) atoms. The number of nitrogens with one attached hydrogen (secondary N) is 1. The van der Waals surface area contributed by atoms with Crippen molar-refractivity contribution >= 4 is 22.5 Å². The average molecular weight is 329 g/mol. The Balaban J connectivity index is 1.53. The zero-order valence-corrected chi connectivity index (χ0v) is 13.3. The molecular weight excluding hydrogens is 314 g/mol. The molecule has 1 N–H and O–H groups in total. The van der Waals surface area contributed by atoms with E-state index in [9.17, 15) is 4.79 Å². The van der Waals surface area contributed by atoms with Crippen LogP contribution in [-0.4, -0.2) is 25.9 Å². The number of hydrogen-bond donors (Lipinski definition) is 1. The molecule has 6 heteroatoms. The van der Waals surface area contributed by atoms with Crippen LogP contribution >= 0.6 is 0 Å². The topological polar surface area (TPSA) is 72.7 Å². The zero-order valence-electron chi connectivity index (χ0n) is 13.3. The fraction of sp³-hybridized carbons (Fsp3) is 0.0526. The molecule has 2 aromatic heterocycles. The van der Waals surface area contributed by atoms with Crippen molar-refractivity contribution < 1.29 is 4.79 Å². The van der Waals surface area contributed by atoms with Gasteiger partial charge >= 0.3 is 0 Å². The number of fused-ring (bicyclic) bond motifs is 1. The molecule has 0 saturated carbocycles. The SMILES string of the molecule is O=C(Nc1cccc2ncccc12)c1cn(Cc2ccccc2)nn1. The van der Waals surface area contributed by atoms with Gasteiger partial charge in [0.2, 0.25) is 0 Å². The average Bonchev–Trinajstić information content (AvgIpc) is 3.11. The maximum atomic E-state index is 12.5. The van der Waals surface area contributed by atoms with E-state index in [2.05, 4.69) is 20.6 Å². The Kier molecular flexibility index (Phi) is 3.92. The van der Waals surface area contributed by atoms with Crippen molar-refractivity contribution in [2.75, 3.05) is 5.32 Å². The first kappa shape index (κ1) is 15.0. The van der Waals surface area contributed by atoms with E-state index < -0.39 is 0 Å². The van der Waals surface area contributed by atoms with Crippen molar-refractivity contribution in [3.8, 4) is 0 Å². The molecule has 1 amide bonds. The minimum absolute atomic E-state index is 0.275. The van der Waals surface area contributed by atoms with Crippen molar-refractivity contribution in [1.82, 2.24) is 20.0 Å². The van der Waals surface area contributed by atoms with Crippen molar-refractivity contribution in [1.29, 1.82) is 0 Å². The molecular formula is C19H15N5O. The van der Waals surface area contributed by atoms with E-state index in [4.69, 9.17) is 0 Å². The summed E-state index contributed by atoms with van der Waals surface area (Å²) in [6, 6.07) is 19.3. The maximum Gasteiger partial charge on any atom is 0.277 e. The van der Waals surface area contributed by atoms with Crippen LogP contribution in [0.3, 0.4) is 0 Å². The summed E-state index contributed by atoms with van der Waals surface area (Å²) in [6.45, 7) is 0.569. The molecule has 0 aliphatic heterocycles. The number of pyridine rings is 1. The molecule has 0 fully saturated rings. The van der Waals surface area contributed by atoms with E-state index in [1.54, 1.807) is 17.1 Å². The third-order valence-corrected chi connectivity index (χ3v) is 3.85. The second kappa shape index (κ2) is 6.52. The van der Waals surface area contributed by atoms with Gasteiger partial charge in [-0.15, -0.1) is 5.10 Å². The van der Waals surface area contributed by atoms with Crippen molar-refractivity contribution in [3.63, 3.8) is 0 Å². The summed E-state index contributed by atoms with van der Waals surface area (Å²) in [6.07, 6.45) is 3.37. The number of benzene rings is 2. The predicted octanol–water partition coefficient (Wildman–Crippen LogP) is 3.13. The minimum atomic E-state index is -0.296. The summed E-state index contributed by atoms with van der Waals surface area (Å²) in [5.74, 6) is -0.296. The summed E-state index contributed by atoms with van der Waals surface area (Å²) >= 11 is 0. The molecule has 0 aliphatic rings. The van der Waals surface area contributed by atoms with Crippen molar-refractivity contribution in [2.45, 2.75) is 6.54 Å². The molecule has 0 spiro atoms. The Bertz CT molecular complexity index is 1020. The molecule has 4 aromatic rings. The fourth-order valence-electron chi connectivity index (χ4n) is 2.65. The lowest BCUT2D eigenvalue weighted by molar-refractivity contribution is 0.102. The fourth-order valence-corrected chi connectivity index (χ4v) is 2.65. The van der Waals surface area contributed by atoms with E-state index in [1.807, 2.05) is 60.7 Å². The Hall–Kier alpha value is -3.54. The van der Waals surface area contributed by atoms with Gasteiger partial charge in [-0.3, -0.25) is 9.78 Å². The zero-order chi connectivity index (χ0) is 17.1. The van der Waals surface area contributed by atoms with Gasteiger partial charge in [0.15, 0.2) is 5.69 Å². The third kappa shape index (κ3) is 3.23. The lowest BCUT2D eigenvalue weighted by Gasteiger charge is -2.06. The maximum absolute atomic E-state index is 12.5. The lowest BCUT2D eigenvalue weighted by atomic mass is 10.2. The highest BCUT2D eigenvalue weighted by Gasteiger charge is 2.12. The van der Waals surface area contributed by atoms with Crippen molar-refractivity contribution in [2.24, 2.45) is 0 Å². The highest BCUT2D eigenvalue weighted by molar-refractivity contribution is 6.07. The normalized spacial score (nSPS) is 10.7. The van der Waals surface area contributed by atoms with E-state index in [0.29, 0.717) is 12.2 Å². The number of rotatable bonds is 4. The first-order valence-electron chi connectivity index (χ1n) is 7.89. The van der Waals surface area contributed by atoms with Crippen LogP contribution in [0.15, 0.2) is 73.1 Å². The van der Waals surface area contributed by atoms with Gasteiger partial charge in [-0.05, 0) is 29.8 Å². The van der Waals surface area contributed by atoms with Crippen LogP contribution in [0, 0.1) is 0 Å². The summed E-state index contributed by atoms with van der Waals surface area (Å²) < 4.78 is 1.65. The van der Waals surface area contributed by atoms with Crippen LogP contribution in [-0.2, 0) is 6.54 Å². The summed E-state index contributed by atoms with van der Waals surface area (Å²) in [5, 5.41) is 11.8. The minimum Gasteiger partial charge on any atom is -0.320 e. The van der Waals surface area contributed by atoms with E-state index >= 15 is 0 Å². The van der Waals surface area contributed by atoms with Gasteiger partial charge in [0.05, 0.1) is 23.9 Å². The van der Waals surface area contributed by atoms with Gasteiger partial charge in [0.25, 0.3) is 5.91 Å². The number of hydrogen-bond acceptors (Lipinski definition) is 4. The molecule has 0 aliphatic carbocycles. The smallest absolute Gasteiger partial charge is 0.277 e. The number of anilines is 1. The van der Waals surface area contributed by atoms with Gasteiger partial charge in [-0.1, -0.05) is 41.6 Å². The van der Waals surface area contributed by atoms with Crippen LogP contribution in [0.5, 0.6) is 0 Å². The Labute approximate surface area is 144 Å². The standard InChI is InChI=1S/C19H15N5O/c25-19(21-17-10-4-9-16-15(17)8-5-11-20-16)18-13-24(23-22-18)12-14-6-2-1-3-7-14/h1-11,13H,12H2,(H,21,25). The summed E-state index contributed by atoms with van der Waals surface area (Å²) in [5.41, 5.74) is 2.90. The van der Waals surface area contributed by atoms with E-state index in [-0.39, 0.29) is 11.6 Å². The van der Waals surface area contributed by atoms with Crippen LogP contribution < -0.4 is 5.32 Å². The monoisotopic (exact) mass is 329 g/mol. The first-order valence-corrected chi connectivity index (χ1v) is 7.89. The lowest BCUT2D eigenvalue weighted by Crippen LogP contribution is -2.12. The van der Waals surface area contributed by atoms with E-state index in [1.165, 1.54) is 0 Å². The highest BCUT2D eigenvalue weighted by atomic mass is 16.2.